The van der Waals surface area contributed by atoms with Crippen LogP contribution in [-0.2, 0) is 0 Å². The van der Waals surface area contributed by atoms with Crippen molar-refractivity contribution in [3.05, 3.63) is 35.9 Å². The monoisotopic (exact) mass is 246 g/mol. The second-order valence-electron chi connectivity index (χ2n) is 5.50. The van der Waals surface area contributed by atoms with Crippen LogP contribution in [0, 0.1) is 5.92 Å². The Bertz CT molecular complexity index is 282. The van der Waals surface area contributed by atoms with Gasteiger partial charge in [0.2, 0.25) is 0 Å². The average Bonchev–Trinajstić information content (AvgIpc) is 2.41. The lowest BCUT2D eigenvalue weighted by atomic mass is 9.78. The van der Waals surface area contributed by atoms with E-state index in [0.717, 1.165) is 11.8 Å². The summed E-state index contributed by atoms with van der Waals surface area (Å²) in [7, 11) is 0. The molecular weight excluding hydrogens is 216 g/mol. The number of unbranched alkanes of at least 4 members (excludes halogenated alkanes) is 1. The maximum Gasteiger partial charge on any atom is -0.0134 e. The minimum atomic E-state index is 0.783. The molecule has 0 saturated heterocycles. The smallest absolute Gasteiger partial charge is 0.0134 e. The molecular formula is C18H30. The number of hydrogen-bond donors (Lipinski definition) is 0. The average molecular weight is 246 g/mol. The fourth-order valence-corrected chi connectivity index (χ4v) is 3.09. The molecule has 0 bridgehead atoms. The van der Waals surface area contributed by atoms with Crippen LogP contribution in [0.1, 0.15) is 77.2 Å². The first-order chi connectivity index (χ1) is 8.83. The fraction of sp³-hybridized carbons (Fsp3) is 0.667. The van der Waals surface area contributed by atoms with E-state index in [1.165, 1.54) is 44.9 Å². The molecule has 0 aliphatic heterocycles. The highest BCUT2D eigenvalue weighted by molar-refractivity contribution is 5.20. The molecule has 0 saturated carbocycles. The van der Waals surface area contributed by atoms with Crippen LogP contribution in [0.4, 0.5) is 0 Å². The van der Waals surface area contributed by atoms with Crippen molar-refractivity contribution in [3.63, 3.8) is 0 Å². The molecule has 1 rings (SSSR count). The molecule has 1 atom stereocenters. The van der Waals surface area contributed by atoms with Gasteiger partial charge in [-0.05, 0) is 23.8 Å². The van der Waals surface area contributed by atoms with Gasteiger partial charge in [0.05, 0.1) is 0 Å². The number of rotatable bonds is 9. The molecule has 0 heterocycles. The maximum atomic E-state index is 2.33. The summed E-state index contributed by atoms with van der Waals surface area (Å²) in [5.74, 6) is 1.67. The van der Waals surface area contributed by atoms with Gasteiger partial charge in [0.15, 0.2) is 0 Å². The van der Waals surface area contributed by atoms with Crippen LogP contribution in [0.5, 0.6) is 0 Å². The van der Waals surface area contributed by atoms with Crippen LogP contribution in [0.15, 0.2) is 30.3 Å². The molecule has 1 unspecified atom stereocenters. The van der Waals surface area contributed by atoms with Crippen molar-refractivity contribution in [3.8, 4) is 0 Å². The largest absolute Gasteiger partial charge is 0.0654 e. The Morgan fingerprint density at radius 1 is 0.778 bits per heavy atom. The van der Waals surface area contributed by atoms with E-state index in [4.69, 9.17) is 0 Å². The molecule has 1 aromatic carbocycles. The molecule has 0 spiro atoms. The summed E-state index contributed by atoms with van der Waals surface area (Å²) in [5, 5.41) is 0. The molecule has 0 N–H and O–H groups in total. The minimum Gasteiger partial charge on any atom is -0.0654 e. The van der Waals surface area contributed by atoms with Gasteiger partial charge in [0, 0.05) is 0 Å². The van der Waals surface area contributed by atoms with Gasteiger partial charge in [-0.15, -0.1) is 0 Å². The first-order valence-electron chi connectivity index (χ1n) is 7.88. The Morgan fingerprint density at radius 3 is 1.89 bits per heavy atom. The van der Waals surface area contributed by atoms with Crippen molar-refractivity contribution < 1.29 is 0 Å². The molecule has 0 heteroatoms. The van der Waals surface area contributed by atoms with Gasteiger partial charge in [0.25, 0.3) is 0 Å². The van der Waals surface area contributed by atoms with Crippen molar-refractivity contribution in [2.24, 2.45) is 5.92 Å². The Morgan fingerprint density at radius 2 is 1.39 bits per heavy atom. The fourth-order valence-electron chi connectivity index (χ4n) is 3.09. The van der Waals surface area contributed by atoms with Crippen molar-refractivity contribution in [2.45, 2.75) is 71.6 Å². The lowest BCUT2D eigenvalue weighted by Crippen LogP contribution is -2.13. The van der Waals surface area contributed by atoms with Gasteiger partial charge in [-0.25, -0.2) is 0 Å². The summed E-state index contributed by atoms with van der Waals surface area (Å²) in [6.45, 7) is 6.95. The standard InChI is InChI=1S/C18H30/c1-4-7-15-18(16(11-5-2)12-6-3)17-13-9-8-10-14-17/h8-10,13-14,16,18H,4-7,11-12,15H2,1-3H3. The third-order valence-corrected chi connectivity index (χ3v) is 3.98. The normalized spacial score (nSPS) is 12.9. The maximum absolute atomic E-state index is 2.33. The predicted octanol–water partition coefficient (Wildman–Crippen LogP) is 6.18. The van der Waals surface area contributed by atoms with E-state index in [2.05, 4.69) is 51.1 Å². The highest BCUT2D eigenvalue weighted by Crippen LogP contribution is 2.35. The Balaban J connectivity index is 2.80. The first-order valence-corrected chi connectivity index (χ1v) is 7.88. The van der Waals surface area contributed by atoms with Crippen LogP contribution >= 0.6 is 0 Å². The predicted molar refractivity (Wildman–Crippen MR) is 82.0 cm³/mol. The summed E-state index contributed by atoms with van der Waals surface area (Å²) in [6, 6.07) is 11.2. The van der Waals surface area contributed by atoms with E-state index < -0.39 is 0 Å². The molecule has 102 valence electrons. The summed E-state index contributed by atoms with van der Waals surface area (Å²) in [6.07, 6.45) is 9.46. The topological polar surface area (TPSA) is 0 Å². The van der Waals surface area contributed by atoms with Gasteiger partial charge in [-0.3, -0.25) is 0 Å². The second kappa shape index (κ2) is 9.19. The molecule has 0 aliphatic rings. The quantitative estimate of drug-likeness (QED) is 0.488. The third kappa shape index (κ3) is 4.84. The van der Waals surface area contributed by atoms with Crippen LogP contribution in [0.3, 0.4) is 0 Å². The summed E-state index contributed by atoms with van der Waals surface area (Å²) in [4.78, 5) is 0. The van der Waals surface area contributed by atoms with Gasteiger partial charge in [-0.2, -0.15) is 0 Å². The zero-order chi connectivity index (χ0) is 13.2. The molecule has 0 radical (unpaired) electrons. The van der Waals surface area contributed by atoms with E-state index in [0.29, 0.717) is 0 Å². The van der Waals surface area contributed by atoms with E-state index in [1.54, 1.807) is 5.56 Å². The summed E-state index contributed by atoms with van der Waals surface area (Å²) in [5.41, 5.74) is 1.57. The summed E-state index contributed by atoms with van der Waals surface area (Å²) >= 11 is 0. The van der Waals surface area contributed by atoms with Crippen molar-refractivity contribution >= 4 is 0 Å². The molecule has 0 amide bonds. The molecule has 18 heavy (non-hydrogen) atoms. The Hall–Kier alpha value is -0.780. The first kappa shape index (κ1) is 15.3. The molecule has 0 aliphatic carbocycles. The number of hydrogen-bond acceptors (Lipinski definition) is 0. The van der Waals surface area contributed by atoms with Gasteiger partial charge >= 0.3 is 0 Å². The highest BCUT2D eigenvalue weighted by atomic mass is 14.3. The van der Waals surface area contributed by atoms with Gasteiger partial charge in [0.1, 0.15) is 0 Å². The van der Waals surface area contributed by atoms with E-state index in [9.17, 15) is 0 Å². The Labute approximate surface area is 114 Å². The second-order valence-corrected chi connectivity index (χ2v) is 5.50. The Kier molecular flexibility index (Phi) is 7.80. The van der Waals surface area contributed by atoms with E-state index >= 15 is 0 Å². The van der Waals surface area contributed by atoms with Crippen LogP contribution < -0.4 is 0 Å². The minimum absolute atomic E-state index is 0.783. The molecule has 0 nitrogen and oxygen atoms in total. The van der Waals surface area contributed by atoms with E-state index in [-0.39, 0.29) is 0 Å². The van der Waals surface area contributed by atoms with Crippen LogP contribution in [-0.4, -0.2) is 0 Å². The number of benzene rings is 1. The van der Waals surface area contributed by atoms with Crippen LogP contribution in [0.25, 0.3) is 0 Å². The highest BCUT2D eigenvalue weighted by Gasteiger charge is 2.21. The lowest BCUT2D eigenvalue weighted by molar-refractivity contribution is 0.341. The van der Waals surface area contributed by atoms with Crippen molar-refractivity contribution in [1.82, 2.24) is 0 Å². The van der Waals surface area contributed by atoms with Gasteiger partial charge in [-0.1, -0.05) is 89.6 Å². The summed E-state index contributed by atoms with van der Waals surface area (Å²) < 4.78 is 0. The van der Waals surface area contributed by atoms with E-state index in [1.807, 2.05) is 0 Å². The third-order valence-electron chi connectivity index (χ3n) is 3.98. The van der Waals surface area contributed by atoms with Crippen LogP contribution in [0.2, 0.25) is 0 Å². The molecule has 0 fully saturated rings. The zero-order valence-corrected chi connectivity index (χ0v) is 12.5. The van der Waals surface area contributed by atoms with Gasteiger partial charge < -0.3 is 0 Å². The zero-order valence-electron chi connectivity index (χ0n) is 12.5. The lowest BCUT2D eigenvalue weighted by Gasteiger charge is -2.27. The molecule has 1 aromatic rings. The van der Waals surface area contributed by atoms with Crippen molar-refractivity contribution in [2.75, 3.05) is 0 Å². The molecule has 0 aromatic heterocycles. The SMILES string of the molecule is CCCCC(c1ccccc1)C(CCC)CCC. The van der Waals surface area contributed by atoms with Crippen molar-refractivity contribution in [1.29, 1.82) is 0 Å².